The Hall–Kier alpha value is -5.12. The highest BCUT2D eigenvalue weighted by atomic mass is 31.1. The Kier molecular flexibility index (Phi) is 7.57. The Bertz CT molecular complexity index is 2290. The fourth-order valence-electron chi connectivity index (χ4n) is 7.91. The van der Waals surface area contributed by atoms with E-state index in [0.717, 1.165) is 44.5 Å². The van der Waals surface area contributed by atoms with Crippen molar-refractivity contribution in [3.8, 4) is 0 Å². The maximum absolute atomic E-state index is 14.7. The summed E-state index contributed by atoms with van der Waals surface area (Å²) in [5.74, 6) is -2.18. The van der Waals surface area contributed by atoms with Gasteiger partial charge in [0.2, 0.25) is 0 Å². The first-order valence-electron chi connectivity index (χ1n) is 16.0. The van der Waals surface area contributed by atoms with E-state index in [1.54, 1.807) is 24.3 Å². The molecule has 5 nitrogen and oxygen atoms in total. The molecule has 236 valence electrons. The van der Waals surface area contributed by atoms with Crippen LogP contribution in [-0.4, -0.2) is 23.1 Å². The molecule has 6 heteroatoms. The first kappa shape index (κ1) is 31.5. The lowest BCUT2D eigenvalue weighted by Crippen LogP contribution is -2.21. The molecule has 0 aliphatic heterocycles. The monoisotopic (exact) mass is 648 g/mol. The highest BCUT2D eigenvalue weighted by Gasteiger charge is 2.42. The number of rotatable bonds is 5. The van der Waals surface area contributed by atoms with Crippen molar-refractivity contribution in [3.63, 3.8) is 0 Å². The quantitative estimate of drug-likeness (QED) is 0.176. The van der Waals surface area contributed by atoms with E-state index in [9.17, 15) is 23.7 Å². The van der Waals surface area contributed by atoms with Crippen LogP contribution in [0.5, 0.6) is 0 Å². The average molecular weight is 649 g/mol. The summed E-state index contributed by atoms with van der Waals surface area (Å²) in [6.07, 6.45) is 0.793. The standard InChI is InChI=1S/C42H33O5P/c1-20-13-22(3)30(23(4)14-20)17-26-9-7-11-28-34(26)41(45)32-19-33(48-47)37-38(40(28)44)36(32)39(43)29-12-8-10-27(35(29)42(37)46)18-31-24(5)15-21(2)16-25(31)6/h7-16,19H,17-18H2,1-6H3. The lowest BCUT2D eigenvalue weighted by Gasteiger charge is -2.16. The van der Waals surface area contributed by atoms with Gasteiger partial charge in [-0.05, 0) is 105 Å². The molecule has 5 aromatic rings. The Morgan fingerprint density at radius 1 is 0.458 bits per heavy atom. The van der Waals surface area contributed by atoms with E-state index in [-0.39, 0.29) is 49.8 Å². The van der Waals surface area contributed by atoms with Crippen LogP contribution in [0.2, 0.25) is 0 Å². The third-order valence-electron chi connectivity index (χ3n) is 9.99. The molecule has 0 aromatic heterocycles. The van der Waals surface area contributed by atoms with E-state index in [1.165, 1.54) is 6.07 Å². The summed E-state index contributed by atoms with van der Waals surface area (Å²) < 4.78 is 12.8. The van der Waals surface area contributed by atoms with E-state index in [4.69, 9.17) is 0 Å². The maximum atomic E-state index is 14.7. The van der Waals surface area contributed by atoms with Crippen LogP contribution >= 0.6 is 8.46 Å². The normalized spacial score (nSPS) is 13.4. The van der Waals surface area contributed by atoms with Crippen LogP contribution in [0.15, 0.2) is 66.7 Å². The number of ketones is 4. The molecule has 0 heterocycles. The van der Waals surface area contributed by atoms with Crippen LogP contribution in [-0.2, 0) is 17.4 Å². The zero-order valence-electron chi connectivity index (χ0n) is 27.8. The summed E-state index contributed by atoms with van der Waals surface area (Å²) >= 11 is 0. The molecular weight excluding hydrogens is 615 g/mol. The van der Waals surface area contributed by atoms with E-state index in [2.05, 4.69) is 24.3 Å². The van der Waals surface area contributed by atoms with E-state index in [1.807, 2.05) is 53.7 Å². The Morgan fingerprint density at radius 3 is 1.33 bits per heavy atom. The highest BCUT2D eigenvalue weighted by molar-refractivity contribution is 7.34. The molecule has 48 heavy (non-hydrogen) atoms. The Labute approximate surface area is 281 Å². The molecule has 0 saturated heterocycles. The summed E-state index contributed by atoms with van der Waals surface area (Å²) in [6.45, 7) is 12.2. The first-order chi connectivity index (χ1) is 22.9. The van der Waals surface area contributed by atoms with Crippen molar-refractivity contribution < 1.29 is 23.7 Å². The zero-order chi connectivity index (χ0) is 34.2. The predicted molar refractivity (Wildman–Crippen MR) is 187 cm³/mol. The molecule has 0 atom stereocenters. The zero-order valence-corrected chi connectivity index (χ0v) is 28.6. The van der Waals surface area contributed by atoms with Crippen molar-refractivity contribution in [2.75, 3.05) is 0 Å². The number of hydrogen-bond acceptors (Lipinski definition) is 5. The fraction of sp³-hybridized carbons (Fsp3) is 0.190. The van der Waals surface area contributed by atoms with Crippen molar-refractivity contribution in [1.29, 1.82) is 0 Å². The molecule has 4 bridgehead atoms. The summed E-state index contributed by atoms with van der Waals surface area (Å²) in [5.41, 5.74) is 10.3. The van der Waals surface area contributed by atoms with Crippen molar-refractivity contribution in [3.05, 3.63) is 167 Å². The van der Waals surface area contributed by atoms with E-state index < -0.39 is 31.6 Å². The number of carbonyl (C=O) groups is 4. The van der Waals surface area contributed by atoms with E-state index >= 15 is 0 Å². The van der Waals surface area contributed by atoms with Gasteiger partial charge in [-0.15, -0.1) is 0 Å². The molecule has 0 saturated carbocycles. The minimum Gasteiger partial charge on any atom is -0.289 e. The molecule has 7 rings (SSSR count). The van der Waals surface area contributed by atoms with Crippen molar-refractivity contribution in [2.24, 2.45) is 0 Å². The van der Waals surface area contributed by atoms with Crippen LogP contribution in [0, 0.1) is 41.5 Å². The molecule has 0 spiro atoms. The summed E-state index contributed by atoms with van der Waals surface area (Å²) in [4.78, 5) is 58.6. The third kappa shape index (κ3) is 4.76. The Morgan fingerprint density at radius 2 is 0.875 bits per heavy atom. The lowest BCUT2D eigenvalue weighted by atomic mass is 9.86. The molecule has 0 unspecified atom stereocenters. The van der Waals surface area contributed by atoms with Gasteiger partial charge in [0.05, 0.1) is 5.30 Å². The molecular formula is C42H33O5P. The molecule has 0 fully saturated rings. The fourth-order valence-corrected chi connectivity index (χ4v) is 8.40. The first-order valence-corrected chi connectivity index (χ1v) is 16.8. The van der Waals surface area contributed by atoms with Gasteiger partial charge in [0.25, 0.3) is 0 Å². The minimum atomic E-state index is -0.590. The second-order valence-electron chi connectivity index (χ2n) is 13.3. The smallest absolute Gasteiger partial charge is 0.195 e. The largest absolute Gasteiger partial charge is 0.289 e. The SMILES string of the molecule is Cc1cc(C)c(Cc2cccc3c2C(=O)c2cc(P=O)c4c(c2C(=O)c2cccc(Cc5c(C)cc(C)cc5C)c2C4=O)C3=O)c(C)c1. The molecule has 0 amide bonds. The van der Waals surface area contributed by atoms with Gasteiger partial charge >= 0.3 is 0 Å². The molecule has 0 radical (unpaired) electrons. The van der Waals surface area contributed by atoms with Gasteiger partial charge in [-0.2, -0.15) is 0 Å². The van der Waals surface area contributed by atoms with Crippen molar-refractivity contribution >= 4 is 36.9 Å². The minimum absolute atomic E-state index is 0.00900. The number of aryl methyl sites for hydroxylation is 6. The van der Waals surface area contributed by atoms with Crippen LogP contribution in [0.3, 0.4) is 0 Å². The average Bonchev–Trinajstić information content (AvgIpc) is 3.15. The summed E-state index contributed by atoms with van der Waals surface area (Å²) in [6, 6.07) is 20.0. The van der Waals surface area contributed by atoms with Gasteiger partial charge in [-0.25, -0.2) is 0 Å². The summed E-state index contributed by atoms with van der Waals surface area (Å²) in [7, 11) is -0.529. The predicted octanol–water partition coefficient (Wildman–Crippen LogP) is 8.19. The van der Waals surface area contributed by atoms with Crippen LogP contribution < -0.4 is 5.30 Å². The third-order valence-corrected chi connectivity index (χ3v) is 10.5. The van der Waals surface area contributed by atoms with Crippen molar-refractivity contribution in [1.82, 2.24) is 0 Å². The van der Waals surface area contributed by atoms with Gasteiger partial charge in [0.15, 0.2) is 31.6 Å². The summed E-state index contributed by atoms with van der Waals surface area (Å²) in [5, 5.41) is 0.0215. The highest BCUT2D eigenvalue weighted by Crippen LogP contribution is 2.39. The van der Waals surface area contributed by atoms with Crippen molar-refractivity contribution in [2.45, 2.75) is 54.4 Å². The molecule has 0 N–H and O–H groups in total. The Balaban J connectivity index is 1.45. The van der Waals surface area contributed by atoms with Gasteiger partial charge in [0.1, 0.15) is 0 Å². The molecule has 2 aliphatic carbocycles. The lowest BCUT2D eigenvalue weighted by molar-refractivity contribution is 0.0998. The van der Waals surface area contributed by atoms with E-state index in [0.29, 0.717) is 24.0 Å². The molecule has 5 aromatic carbocycles. The topological polar surface area (TPSA) is 85.3 Å². The number of fused-ring (bicyclic) bond motifs is 2. The second kappa shape index (κ2) is 11.5. The van der Waals surface area contributed by atoms with Gasteiger partial charge in [-0.3, -0.25) is 23.7 Å². The van der Waals surface area contributed by atoms with Gasteiger partial charge in [0, 0.05) is 44.5 Å². The van der Waals surface area contributed by atoms with Crippen LogP contribution in [0.4, 0.5) is 0 Å². The number of benzene rings is 5. The maximum Gasteiger partial charge on any atom is 0.195 e. The number of hydrogen-bond donors (Lipinski definition) is 0. The molecule has 2 aliphatic rings. The second-order valence-corrected chi connectivity index (χ2v) is 13.9. The van der Waals surface area contributed by atoms with Crippen LogP contribution in [0.25, 0.3) is 0 Å². The van der Waals surface area contributed by atoms with Crippen LogP contribution in [0.1, 0.15) is 119 Å². The van der Waals surface area contributed by atoms with Gasteiger partial charge < -0.3 is 0 Å². The van der Waals surface area contributed by atoms with Gasteiger partial charge in [-0.1, -0.05) is 71.8 Å². The number of carbonyl (C=O) groups excluding carboxylic acids is 4.